The van der Waals surface area contributed by atoms with Crippen LogP contribution in [0.2, 0.25) is 0 Å². The van der Waals surface area contributed by atoms with Crippen molar-refractivity contribution >= 4 is 79.6 Å². The molecule has 0 N–H and O–H groups in total. The fourth-order valence-electron chi connectivity index (χ4n) is 8.60. The van der Waals surface area contributed by atoms with Crippen LogP contribution in [0.5, 0.6) is 0 Å². The fraction of sp³-hybridized carbons (Fsp3) is 0.320. The van der Waals surface area contributed by atoms with Gasteiger partial charge in [-0.3, -0.25) is 0 Å². The summed E-state index contributed by atoms with van der Waals surface area (Å²) in [5.74, 6) is 0. The van der Waals surface area contributed by atoms with Gasteiger partial charge in [0, 0.05) is 33.5 Å². The number of nitrogens with zero attached hydrogens (tertiary/aromatic N) is 2. The minimum absolute atomic E-state index is 0.0260. The van der Waals surface area contributed by atoms with Crippen molar-refractivity contribution in [2.45, 2.75) is 105 Å². The normalized spacial score (nSPS) is 14.4. The van der Waals surface area contributed by atoms with Crippen molar-refractivity contribution in [1.82, 2.24) is 0 Å². The third-order valence-corrected chi connectivity index (χ3v) is 11.9. The second kappa shape index (κ2) is 11.7. The average Bonchev–Trinajstić information content (AvgIpc) is 3.68. The van der Waals surface area contributed by atoms with Gasteiger partial charge in [-0.25, -0.2) is 0 Å². The third-order valence-electron chi connectivity index (χ3n) is 11.9. The maximum atomic E-state index is 7.14. The van der Waals surface area contributed by atoms with Crippen molar-refractivity contribution in [1.29, 1.82) is 0 Å². The summed E-state index contributed by atoms with van der Waals surface area (Å²) in [5, 5.41) is 2.23. The molecule has 0 saturated carbocycles. The predicted octanol–water partition coefficient (Wildman–Crippen LogP) is 12.5. The molecule has 0 bridgehead atoms. The summed E-state index contributed by atoms with van der Waals surface area (Å²) in [6, 6.07) is 38.5. The average molecular weight is 725 g/mol. The topological polar surface area (TPSA) is 32.8 Å². The molecule has 4 nitrogen and oxygen atoms in total. The van der Waals surface area contributed by atoms with E-state index in [0.717, 1.165) is 67.4 Å². The molecule has 4 heterocycles. The van der Waals surface area contributed by atoms with Crippen LogP contribution in [0.15, 0.2) is 112 Å². The largest absolute Gasteiger partial charge is 0.468 e. The van der Waals surface area contributed by atoms with Crippen LogP contribution in [-0.4, -0.2) is 6.71 Å². The van der Waals surface area contributed by atoms with Gasteiger partial charge in [-0.2, -0.15) is 0 Å². The zero-order valence-electron chi connectivity index (χ0n) is 34.6. The van der Waals surface area contributed by atoms with Crippen LogP contribution < -0.4 is 26.6 Å². The molecule has 0 spiro atoms. The van der Waals surface area contributed by atoms with E-state index in [1.54, 1.807) is 0 Å². The molecule has 7 aromatic rings. The van der Waals surface area contributed by atoms with E-state index in [2.05, 4.69) is 196 Å². The van der Waals surface area contributed by atoms with Gasteiger partial charge < -0.3 is 18.6 Å². The Morgan fingerprint density at radius 1 is 0.418 bits per heavy atom. The lowest BCUT2D eigenvalue weighted by Crippen LogP contribution is -2.60. The molecule has 2 aliphatic rings. The first-order valence-electron chi connectivity index (χ1n) is 19.9. The molecular formula is C50H53BN2O2. The summed E-state index contributed by atoms with van der Waals surface area (Å²) < 4.78 is 14.3. The molecule has 0 unspecified atom stereocenters. The van der Waals surface area contributed by atoms with E-state index in [1.807, 2.05) is 0 Å². The minimum atomic E-state index is -0.248. The Morgan fingerprint density at radius 2 is 0.764 bits per heavy atom. The number of hydrogen-bond acceptors (Lipinski definition) is 4. The van der Waals surface area contributed by atoms with E-state index in [4.69, 9.17) is 8.83 Å². The zero-order chi connectivity index (χ0) is 39.0. The first-order chi connectivity index (χ1) is 25.8. The highest BCUT2D eigenvalue weighted by molar-refractivity contribution is 6.99. The van der Waals surface area contributed by atoms with Gasteiger partial charge in [0.25, 0.3) is 0 Å². The van der Waals surface area contributed by atoms with Crippen molar-refractivity contribution in [2.24, 2.45) is 0 Å². The Kier molecular flexibility index (Phi) is 7.55. The Labute approximate surface area is 327 Å². The van der Waals surface area contributed by atoms with E-state index in [9.17, 15) is 0 Å². The second-order valence-electron chi connectivity index (χ2n) is 20.0. The van der Waals surface area contributed by atoms with Gasteiger partial charge in [-0.15, -0.1) is 0 Å². The number of benzene rings is 5. The molecule has 0 aliphatic carbocycles. The molecule has 0 amide bonds. The SMILES string of the molecule is CC(C)(C)c1ccc(N2c3cccc4c3B(c3oc5ccc(C(C)(C)C)cc5c32)c2oc3ccc(C(C)(C)C)cc3c2N4c2ccc(C(C)(C)C)cc2)cc1. The maximum absolute atomic E-state index is 7.14. The van der Waals surface area contributed by atoms with E-state index >= 15 is 0 Å². The van der Waals surface area contributed by atoms with Crippen molar-refractivity contribution in [3.8, 4) is 0 Å². The van der Waals surface area contributed by atoms with Gasteiger partial charge in [-0.05, 0) is 110 Å². The summed E-state index contributed by atoms with van der Waals surface area (Å²) >= 11 is 0. The lowest BCUT2D eigenvalue weighted by atomic mass is 9.37. The van der Waals surface area contributed by atoms with Crippen LogP contribution in [0.1, 0.15) is 105 Å². The number of furan rings is 2. The van der Waals surface area contributed by atoms with Crippen LogP contribution in [0, 0.1) is 0 Å². The first kappa shape index (κ1) is 35.5. The molecular weight excluding hydrogens is 671 g/mol. The monoisotopic (exact) mass is 724 g/mol. The first-order valence-corrected chi connectivity index (χ1v) is 19.9. The summed E-state index contributed by atoms with van der Waals surface area (Å²) in [5.41, 5.74) is 16.7. The van der Waals surface area contributed by atoms with Crippen LogP contribution >= 0.6 is 0 Å². The molecule has 5 heteroatoms. The molecule has 2 aromatic heterocycles. The molecule has 0 atom stereocenters. The molecule has 55 heavy (non-hydrogen) atoms. The lowest BCUT2D eigenvalue weighted by molar-refractivity contribution is 0.590. The molecule has 2 aliphatic heterocycles. The number of hydrogen-bond donors (Lipinski definition) is 0. The lowest BCUT2D eigenvalue weighted by Gasteiger charge is -2.40. The van der Waals surface area contributed by atoms with Crippen molar-refractivity contribution in [2.75, 3.05) is 9.80 Å². The van der Waals surface area contributed by atoms with Crippen molar-refractivity contribution in [3.63, 3.8) is 0 Å². The quantitative estimate of drug-likeness (QED) is 0.166. The van der Waals surface area contributed by atoms with E-state index in [0.29, 0.717) is 0 Å². The summed E-state index contributed by atoms with van der Waals surface area (Å²) in [6.45, 7) is 27.1. The zero-order valence-corrected chi connectivity index (χ0v) is 34.6. The van der Waals surface area contributed by atoms with Gasteiger partial charge in [0.05, 0.1) is 11.4 Å². The van der Waals surface area contributed by atoms with Crippen LogP contribution in [-0.2, 0) is 21.7 Å². The van der Waals surface area contributed by atoms with Crippen LogP contribution in [0.25, 0.3) is 21.9 Å². The fourth-order valence-corrected chi connectivity index (χ4v) is 8.60. The van der Waals surface area contributed by atoms with Gasteiger partial charge in [0.15, 0.2) is 0 Å². The van der Waals surface area contributed by atoms with Gasteiger partial charge in [-0.1, -0.05) is 126 Å². The summed E-state index contributed by atoms with van der Waals surface area (Å²) in [6.07, 6.45) is 0. The predicted molar refractivity (Wildman–Crippen MR) is 235 cm³/mol. The summed E-state index contributed by atoms with van der Waals surface area (Å²) in [7, 11) is 0. The van der Waals surface area contributed by atoms with Crippen molar-refractivity contribution < 1.29 is 8.83 Å². The maximum Gasteiger partial charge on any atom is 0.342 e. The van der Waals surface area contributed by atoms with Crippen molar-refractivity contribution in [3.05, 3.63) is 125 Å². The molecule has 278 valence electrons. The smallest absolute Gasteiger partial charge is 0.342 e. The molecule has 0 fully saturated rings. The standard InChI is InChI=1S/C50H53BN2O2/c1-47(2,3)30-16-22-34(23-17-30)52-38-14-13-15-39-42(38)51(45-43(52)36-28-32(49(7,8)9)20-26-40(36)54-45)46-44(37-29-33(50(10,11)12)21-27-41(37)55-46)53(39)35-24-18-31(19-25-35)48(4,5)6/h13-29H,1-12H3. The Hall–Kier alpha value is -5.16. The summed E-state index contributed by atoms with van der Waals surface area (Å²) in [4.78, 5) is 4.89. The van der Waals surface area contributed by atoms with E-state index < -0.39 is 0 Å². The highest BCUT2D eigenvalue weighted by Gasteiger charge is 2.49. The second-order valence-corrected chi connectivity index (χ2v) is 20.0. The number of anilines is 6. The number of rotatable bonds is 2. The highest BCUT2D eigenvalue weighted by atomic mass is 16.3. The molecule has 0 radical (unpaired) electrons. The molecule has 5 aromatic carbocycles. The Morgan fingerprint density at radius 3 is 1.11 bits per heavy atom. The molecule has 0 saturated heterocycles. The minimum Gasteiger partial charge on any atom is -0.468 e. The van der Waals surface area contributed by atoms with E-state index in [-0.39, 0.29) is 28.4 Å². The van der Waals surface area contributed by atoms with Crippen LogP contribution in [0.3, 0.4) is 0 Å². The number of fused-ring (bicyclic) bond motifs is 8. The van der Waals surface area contributed by atoms with Crippen LogP contribution in [0.4, 0.5) is 34.1 Å². The van der Waals surface area contributed by atoms with Gasteiger partial charge in [0.1, 0.15) is 22.5 Å². The van der Waals surface area contributed by atoms with Gasteiger partial charge in [0.2, 0.25) is 0 Å². The molecule has 9 rings (SSSR count). The Bertz CT molecular complexity index is 2450. The Balaban J connectivity index is 1.38. The highest BCUT2D eigenvalue weighted by Crippen LogP contribution is 2.49. The van der Waals surface area contributed by atoms with Gasteiger partial charge >= 0.3 is 6.71 Å². The van der Waals surface area contributed by atoms with E-state index in [1.165, 1.54) is 27.7 Å². The third kappa shape index (κ3) is 5.56.